The van der Waals surface area contributed by atoms with Crippen molar-refractivity contribution in [3.05, 3.63) is 64.1 Å². The van der Waals surface area contributed by atoms with Crippen LogP contribution in [0.15, 0.2) is 53.0 Å². The summed E-state index contributed by atoms with van der Waals surface area (Å²) in [6.07, 6.45) is -1.30. The van der Waals surface area contributed by atoms with Crippen molar-refractivity contribution in [3.8, 4) is 11.3 Å². The largest absolute Gasteiger partial charge is 0.460 e. The molecule has 0 saturated heterocycles. The van der Waals surface area contributed by atoms with E-state index in [1.807, 2.05) is 55.5 Å². The molecule has 1 heterocycles. The number of carbonyl (C=O) groups excluding carboxylic acids is 2. The Hall–Kier alpha value is -2.81. The molecule has 3 aromatic rings. The van der Waals surface area contributed by atoms with E-state index in [0.717, 1.165) is 10.0 Å². The Balaban J connectivity index is 1.52. The van der Waals surface area contributed by atoms with Gasteiger partial charge < -0.3 is 20.3 Å². The number of hydrogen-bond donors (Lipinski definition) is 3. The van der Waals surface area contributed by atoms with Crippen molar-refractivity contribution in [2.75, 3.05) is 0 Å². The van der Waals surface area contributed by atoms with E-state index in [1.165, 1.54) is 0 Å². The standard InChI is InChI=1S/C30H33BrN2O5/c1-17-24(20-14-19(31)10-11-21(20)32-25(17)18-8-6-5-7-9-18)26(36)33-30-13-12-29(15-22(30)34,16-23(30)35)27(37)38-28(2,3)4/h5-11,14,22-23,34-35H,12-13,15-16H2,1-4H3,(H,33,36)/t22-,23-,29?,30?/m0/s1. The fourth-order valence-corrected chi connectivity index (χ4v) is 6.41. The molecule has 8 heteroatoms. The van der Waals surface area contributed by atoms with Crippen LogP contribution in [0.1, 0.15) is 62.4 Å². The number of rotatable bonds is 4. The number of aromatic nitrogens is 1. The maximum atomic E-state index is 14.0. The van der Waals surface area contributed by atoms with Gasteiger partial charge in [0.2, 0.25) is 0 Å². The third-order valence-corrected chi connectivity index (χ3v) is 8.51. The number of fused-ring (bicyclic) bond motifs is 4. The molecule has 0 radical (unpaired) electrons. The van der Waals surface area contributed by atoms with Gasteiger partial charge in [-0.05, 0) is 77.1 Å². The molecule has 3 aliphatic rings. The van der Waals surface area contributed by atoms with Gasteiger partial charge in [0.25, 0.3) is 5.91 Å². The van der Waals surface area contributed by atoms with Gasteiger partial charge in [-0.2, -0.15) is 0 Å². The molecule has 2 bridgehead atoms. The van der Waals surface area contributed by atoms with Crippen LogP contribution in [-0.4, -0.2) is 50.4 Å². The fourth-order valence-electron chi connectivity index (χ4n) is 6.05. The van der Waals surface area contributed by atoms with E-state index in [-0.39, 0.29) is 19.3 Å². The third-order valence-electron chi connectivity index (χ3n) is 8.02. The molecule has 0 aliphatic heterocycles. The molecule has 0 spiro atoms. The number of aliphatic hydroxyl groups excluding tert-OH is 2. The molecule has 1 amide bonds. The number of amides is 1. The highest BCUT2D eigenvalue weighted by Gasteiger charge is 2.63. The van der Waals surface area contributed by atoms with Crippen LogP contribution in [0.25, 0.3) is 22.2 Å². The van der Waals surface area contributed by atoms with Crippen LogP contribution >= 0.6 is 15.9 Å². The quantitative estimate of drug-likeness (QED) is 0.371. The first-order chi connectivity index (χ1) is 17.9. The summed E-state index contributed by atoms with van der Waals surface area (Å²) < 4.78 is 6.46. The van der Waals surface area contributed by atoms with E-state index in [1.54, 1.807) is 20.8 Å². The number of ether oxygens (including phenoxy) is 1. The lowest BCUT2D eigenvalue weighted by Crippen LogP contribution is -2.72. The summed E-state index contributed by atoms with van der Waals surface area (Å²) in [5, 5.41) is 26.3. The van der Waals surface area contributed by atoms with E-state index < -0.39 is 40.6 Å². The Kier molecular flexibility index (Phi) is 6.65. The van der Waals surface area contributed by atoms with Gasteiger partial charge in [0.1, 0.15) is 5.60 Å². The van der Waals surface area contributed by atoms with Gasteiger partial charge in [0, 0.05) is 15.4 Å². The smallest absolute Gasteiger partial charge is 0.312 e. The van der Waals surface area contributed by atoms with Crippen molar-refractivity contribution < 1.29 is 24.5 Å². The predicted octanol–water partition coefficient (Wildman–Crippen LogP) is 5.08. The minimum Gasteiger partial charge on any atom is -0.460 e. The predicted molar refractivity (Wildman–Crippen MR) is 149 cm³/mol. The van der Waals surface area contributed by atoms with Crippen LogP contribution in [0.3, 0.4) is 0 Å². The summed E-state index contributed by atoms with van der Waals surface area (Å²) >= 11 is 3.51. The van der Waals surface area contributed by atoms with Gasteiger partial charge in [-0.25, -0.2) is 4.98 Å². The highest BCUT2D eigenvalue weighted by atomic mass is 79.9. The Morgan fingerprint density at radius 2 is 1.71 bits per heavy atom. The molecule has 38 heavy (non-hydrogen) atoms. The van der Waals surface area contributed by atoms with Gasteiger partial charge in [-0.1, -0.05) is 46.3 Å². The number of esters is 1. The number of hydrogen-bond acceptors (Lipinski definition) is 6. The second-order valence-electron chi connectivity index (χ2n) is 11.7. The van der Waals surface area contributed by atoms with Gasteiger partial charge in [-0.15, -0.1) is 0 Å². The first-order valence-electron chi connectivity index (χ1n) is 12.9. The van der Waals surface area contributed by atoms with Crippen molar-refractivity contribution in [1.82, 2.24) is 10.3 Å². The van der Waals surface area contributed by atoms with Crippen LogP contribution in [0.4, 0.5) is 0 Å². The summed E-state index contributed by atoms with van der Waals surface area (Å²) in [5.74, 6) is -0.800. The number of aliphatic hydroxyl groups is 2. The average Bonchev–Trinajstić information content (AvgIpc) is 2.84. The molecule has 6 rings (SSSR count). The van der Waals surface area contributed by atoms with Crippen molar-refractivity contribution in [2.24, 2.45) is 5.41 Å². The first-order valence-corrected chi connectivity index (χ1v) is 13.7. The normalized spacial score (nSPS) is 26.8. The molecule has 2 aromatic carbocycles. The SMILES string of the molecule is Cc1c(-c2ccccc2)nc2ccc(Br)cc2c1C(=O)NC12CCC(C(=O)OC(C)(C)C)(C[C@@H]1O)C[C@@H]2O. The molecule has 3 aliphatic carbocycles. The van der Waals surface area contributed by atoms with Crippen molar-refractivity contribution in [1.29, 1.82) is 0 Å². The summed E-state index contributed by atoms with van der Waals surface area (Å²) in [6.45, 7) is 7.26. The number of halogens is 1. The van der Waals surface area contributed by atoms with Crippen LogP contribution < -0.4 is 5.32 Å². The van der Waals surface area contributed by atoms with Crippen LogP contribution in [0.2, 0.25) is 0 Å². The Bertz CT molecular complexity index is 1400. The minimum absolute atomic E-state index is 0.121. The highest BCUT2D eigenvalue weighted by Crippen LogP contribution is 2.53. The zero-order chi connectivity index (χ0) is 27.5. The fraction of sp³-hybridized carbons (Fsp3) is 0.433. The molecular weight excluding hydrogens is 548 g/mol. The summed E-state index contributed by atoms with van der Waals surface area (Å²) in [7, 11) is 0. The van der Waals surface area contributed by atoms with Crippen LogP contribution in [0, 0.1) is 12.3 Å². The van der Waals surface area contributed by atoms with Crippen molar-refractivity contribution >= 4 is 38.7 Å². The first kappa shape index (κ1) is 26.8. The Labute approximate surface area is 230 Å². The molecule has 0 unspecified atom stereocenters. The maximum Gasteiger partial charge on any atom is 0.312 e. The van der Waals surface area contributed by atoms with E-state index in [0.29, 0.717) is 34.1 Å². The van der Waals surface area contributed by atoms with Crippen LogP contribution in [-0.2, 0) is 9.53 Å². The third kappa shape index (κ3) is 4.52. The van der Waals surface area contributed by atoms with E-state index >= 15 is 0 Å². The second-order valence-corrected chi connectivity index (χ2v) is 12.6. The lowest BCUT2D eigenvalue weighted by molar-refractivity contribution is -0.197. The zero-order valence-corrected chi connectivity index (χ0v) is 23.6. The topological polar surface area (TPSA) is 109 Å². The van der Waals surface area contributed by atoms with E-state index in [4.69, 9.17) is 9.72 Å². The Morgan fingerprint density at radius 1 is 1.05 bits per heavy atom. The molecular formula is C30H33BrN2O5. The number of pyridine rings is 1. The van der Waals surface area contributed by atoms with E-state index in [9.17, 15) is 19.8 Å². The molecule has 7 nitrogen and oxygen atoms in total. The zero-order valence-electron chi connectivity index (χ0n) is 22.0. The van der Waals surface area contributed by atoms with Crippen molar-refractivity contribution in [3.63, 3.8) is 0 Å². The monoisotopic (exact) mass is 580 g/mol. The summed E-state index contributed by atoms with van der Waals surface area (Å²) in [4.78, 5) is 32.0. The maximum absolute atomic E-state index is 14.0. The van der Waals surface area contributed by atoms with Gasteiger partial charge >= 0.3 is 5.97 Å². The molecule has 2 atom stereocenters. The number of benzene rings is 2. The number of carbonyl (C=O) groups is 2. The molecule has 1 aromatic heterocycles. The minimum atomic E-state index is -1.26. The van der Waals surface area contributed by atoms with Crippen molar-refractivity contribution in [2.45, 2.75) is 76.7 Å². The molecule has 3 saturated carbocycles. The van der Waals surface area contributed by atoms with Gasteiger partial charge in [0.15, 0.2) is 0 Å². The summed E-state index contributed by atoms with van der Waals surface area (Å²) in [6, 6.07) is 15.3. The lowest BCUT2D eigenvalue weighted by Gasteiger charge is -2.57. The average molecular weight is 582 g/mol. The van der Waals surface area contributed by atoms with Gasteiger partial charge in [0.05, 0.1) is 39.9 Å². The number of nitrogens with zero attached hydrogens (tertiary/aromatic N) is 1. The molecule has 3 fully saturated rings. The molecule has 3 N–H and O–H groups in total. The second kappa shape index (κ2) is 9.43. The number of nitrogens with one attached hydrogen (secondary N) is 1. The highest BCUT2D eigenvalue weighted by molar-refractivity contribution is 9.10. The molecule has 200 valence electrons. The van der Waals surface area contributed by atoms with Gasteiger partial charge in [-0.3, -0.25) is 9.59 Å². The van der Waals surface area contributed by atoms with Crippen LogP contribution in [0.5, 0.6) is 0 Å². The van der Waals surface area contributed by atoms with E-state index in [2.05, 4.69) is 21.2 Å². The lowest BCUT2D eigenvalue weighted by atomic mass is 9.54. The summed E-state index contributed by atoms with van der Waals surface area (Å²) in [5.41, 5.74) is 0.489. The Morgan fingerprint density at radius 3 is 2.32 bits per heavy atom.